The molecule has 2 rings (SSSR count). The second-order valence-corrected chi connectivity index (χ2v) is 6.34. The summed E-state index contributed by atoms with van der Waals surface area (Å²) in [6.07, 6.45) is 3.96. The Labute approximate surface area is 135 Å². The van der Waals surface area contributed by atoms with Crippen LogP contribution in [0, 0.1) is 5.82 Å². The van der Waals surface area contributed by atoms with Gasteiger partial charge in [0.25, 0.3) is 0 Å². The number of likely N-dealkylation sites (tertiary alicyclic amines) is 1. The number of piperidine rings is 1. The van der Waals surface area contributed by atoms with Gasteiger partial charge in [0, 0.05) is 23.8 Å². The lowest BCUT2D eigenvalue weighted by Crippen LogP contribution is -2.48. The van der Waals surface area contributed by atoms with E-state index in [2.05, 4.69) is 12.2 Å². The van der Waals surface area contributed by atoms with E-state index in [4.69, 9.17) is 11.6 Å². The summed E-state index contributed by atoms with van der Waals surface area (Å²) in [4.78, 5) is 13.8. The fourth-order valence-electron chi connectivity index (χ4n) is 2.71. The Bertz CT molecular complexity index is 511. The maximum atomic E-state index is 13.3. The summed E-state index contributed by atoms with van der Waals surface area (Å²) in [6.45, 7) is 3.08. The van der Waals surface area contributed by atoms with Crippen molar-refractivity contribution >= 4 is 23.3 Å². The zero-order chi connectivity index (χ0) is 16.2. The second kappa shape index (κ2) is 7.29. The molecule has 122 valence electrons. The predicted octanol–water partition coefficient (Wildman–Crippen LogP) is 4.03. The Morgan fingerprint density at radius 3 is 2.68 bits per heavy atom. The van der Waals surface area contributed by atoms with Crippen molar-refractivity contribution in [1.29, 1.82) is 0 Å². The van der Waals surface area contributed by atoms with Gasteiger partial charge in [-0.05, 0) is 37.5 Å². The Kier molecular flexibility index (Phi) is 5.64. The van der Waals surface area contributed by atoms with Crippen molar-refractivity contribution in [2.45, 2.75) is 44.6 Å². The highest BCUT2D eigenvalue weighted by Gasteiger charge is 2.33. The zero-order valence-corrected chi connectivity index (χ0v) is 13.5. The zero-order valence-electron chi connectivity index (χ0n) is 12.7. The molecule has 22 heavy (non-hydrogen) atoms. The molecule has 1 fully saturated rings. The predicted molar refractivity (Wildman–Crippen MR) is 85.7 cm³/mol. The molecule has 4 nitrogen and oxygen atoms in total. The Hall–Kier alpha value is -1.33. The summed E-state index contributed by atoms with van der Waals surface area (Å²) < 4.78 is 13.3. The molecular weight excluding hydrogens is 307 g/mol. The molecule has 1 aliphatic rings. The van der Waals surface area contributed by atoms with E-state index in [1.807, 2.05) is 0 Å². The van der Waals surface area contributed by atoms with Crippen LogP contribution in [0.4, 0.5) is 14.9 Å². The quantitative estimate of drug-likeness (QED) is 0.876. The number of urea groups is 1. The largest absolute Gasteiger partial charge is 0.390 e. The van der Waals surface area contributed by atoms with Gasteiger partial charge in [-0.25, -0.2) is 9.18 Å². The van der Waals surface area contributed by atoms with E-state index in [1.165, 1.54) is 18.2 Å². The molecule has 0 atom stereocenters. The van der Waals surface area contributed by atoms with Crippen molar-refractivity contribution in [3.63, 3.8) is 0 Å². The van der Waals surface area contributed by atoms with Gasteiger partial charge < -0.3 is 15.3 Å². The van der Waals surface area contributed by atoms with Gasteiger partial charge in [0.05, 0.1) is 5.60 Å². The van der Waals surface area contributed by atoms with Crippen LogP contribution in [-0.4, -0.2) is 34.7 Å². The van der Waals surface area contributed by atoms with Crippen LogP contribution < -0.4 is 5.32 Å². The van der Waals surface area contributed by atoms with Crippen LogP contribution in [0.25, 0.3) is 0 Å². The van der Waals surface area contributed by atoms with E-state index in [9.17, 15) is 14.3 Å². The third-order valence-electron chi connectivity index (χ3n) is 4.09. The van der Waals surface area contributed by atoms with Gasteiger partial charge in [-0.1, -0.05) is 31.4 Å². The summed E-state index contributed by atoms with van der Waals surface area (Å²) in [7, 11) is 0. The van der Waals surface area contributed by atoms with E-state index in [0.717, 1.165) is 19.3 Å². The highest BCUT2D eigenvalue weighted by molar-refractivity contribution is 6.30. The SMILES string of the molecule is CCCCC1(O)CCN(C(=O)Nc2cc(F)cc(Cl)c2)CC1. The number of halogens is 2. The molecule has 2 amide bonds. The van der Waals surface area contributed by atoms with Gasteiger partial charge in [-0.2, -0.15) is 0 Å². The monoisotopic (exact) mass is 328 g/mol. The molecule has 1 aromatic rings. The van der Waals surface area contributed by atoms with Crippen LogP contribution in [-0.2, 0) is 0 Å². The number of amides is 2. The van der Waals surface area contributed by atoms with Crippen LogP contribution in [0.5, 0.6) is 0 Å². The molecule has 1 saturated heterocycles. The number of rotatable bonds is 4. The third-order valence-corrected chi connectivity index (χ3v) is 4.31. The van der Waals surface area contributed by atoms with E-state index in [1.54, 1.807) is 4.90 Å². The minimum Gasteiger partial charge on any atom is -0.390 e. The fourth-order valence-corrected chi connectivity index (χ4v) is 2.93. The van der Waals surface area contributed by atoms with Crippen molar-refractivity contribution in [2.24, 2.45) is 0 Å². The number of hydrogen-bond acceptors (Lipinski definition) is 2. The van der Waals surface area contributed by atoms with Gasteiger partial charge in [-0.15, -0.1) is 0 Å². The lowest BCUT2D eigenvalue weighted by atomic mass is 9.87. The second-order valence-electron chi connectivity index (χ2n) is 5.90. The van der Waals surface area contributed by atoms with Gasteiger partial charge in [0.2, 0.25) is 0 Å². The van der Waals surface area contributed by atoms with Crippen molar-refractivity contribution in [1.82, 2.24) is 4.90 Å². The molecule has 0 saturated carbocycles. The molecule has 2 N–H and O–H groups in total. The third kappa shape index (κ3) is 4.58. The molecule has 0 aliphatic carbocycles. The Morgan fingerprint density at radius 2 is 2.09 bits per heavy atom. The molecule has 0 unspecified atom stereocenters. The van der Waals surface area contributed by atoms with Gasteiger partial charge in [0.1, 0.15) is 5.82 Å². The number of benzene rings is 1. The van der Waals surface area contributed by atoms with Crippen LogP contribution in [0.2, 0.25) is 5.02 Å². The Balaban J connectivity index is 1.89. The number of anilines is 1. The van der Waals surface area contributed by atoms with Crippen LogP contribution in [0.3, 0.4) is 0 Å². The number of hydrogen-bond donors (Lipinski definition) is 2. The standard InChI is InChI=1S/C16H22ClFN2O2/c1-2-3-4-16(22)5-7-20(8-6-16)15(21)19-14-10-12(17)9-13(18)11-14/h9-11,22H,2-8H2,1H3,(H,19,21). The summed E-state index contributed by atoms with van der Waals surface area (Å²) in [6, 6.07) is 3.63. The smallest absolute Gasteiger partial charge is 0.321 e. The maximum absolute atomic E-state index is 13.3. The number of nitrogens with zero attached hydrogens (tertiary/aromatic N) is 1. The van der Waals surface area contributed by atoms with E-state index >= 15 is 0 Å². The molecule has 0 aromatic heterocycles. The first-order valence-electron chi connectivity index (χ1n) is 7.66. The van der Waals surface area contributed by atoms with Crippen LogP contribution in [0.1, 0.15) is 39.0 Å². The lowest BCUT2D eigenvalue weighted by molar-refractivity contribution is -0.0194. The topological polar surface area (TPSA) is 52.6 Å². The molecule has 1 heterocycles. The summed E-state index contributed by atoms with van der Waals surface area (Å²) in [5, 5.41) is 13.3. The first kappa shape index (κ1) is 17.0. The summed E-state index contributed by atoms with van der Waals surface area (Å²) >= 11 is 5.77. The van der Waals surface area contributed by atoms with Crippen molar-refractivity contribution < 1.29 is 14.3 Å². The summed E-state index contributed by atoms with van der Waals surface area (Å²) in [5.74, 6) is -0.490. The Morgan fingerprint density at radius 1 is 1.41 bits per heavy atom. The van der Waals surface area contributed by atoms with Crippen molar-refractivity contribution in [3.05, 3.63) is 29.0 Å². The van der Waals surface area contributed by atoms with Crippen molar-refractivity contribution in [3.8, 4) is 0 Å². The fraction of sp³-hybridized carbons (Fsp3) is 0.562. The molecule has 6 heteroatoms. The highest BCUT2D eigenvalue weighted by atomic mass is 35.5. The lowest BCUT2D eigenvalue weighted by Gasteiger charge is -2.38. The van der Waals surface area contributed by atoms with Crippen molar-refractivity contribution in [2.75, 3.05) is 18.4 Å². The molecular formula is C16H22ClFN2O2. The van der Waals surface area contributed by atoms with Crippen LogP contribution >= 0.6 is 11.6 Å². The number of carbonyl (C=O) groups excluding carboxylic acids is 1. The average molecular weight is 329 g/mol. The summed E-state index contributed by atoms with van der Waals surface area (Å²) in [5.41, 5.74) is -0.323. The first-order valence-corrected chi connectivity index (χ1v) is 8.04. The minimum atomic E-state index is -0.658. The average Bonchev–Trinajstić information content (AvgIpc) is 2.45. The molecule has 0 spiro atoms. The maximum Gasteiger partial charge on any atom is 0.321 e. The van der Waals surface area contributed by atoms with E-state index in [-0.39, 0.29) is 11.1 Å². The molecule has 0 bridgehead atoms. The number of carbonyl (C=O) groups is 1. The van der Waals surface area contributed by atoms with Crippen LogP contribution in [0.15, 0.2) is 18.2 Å². The minimum absolute atomic E-state index is 0.239. The number of aliphatic hydroxyl groups is 1. The normalized spacial score (nSPS) is 17.4. The van der Waals surface area contributed by atoms with Gasteiger partial charge >= 0.3 is 6.03 Å². The molecule has 1 aromatic carbocycles. The molecule has 0 radical (unpaired) electrons. The molecule has 1 aliphatic heterocycles. The number of unbranched alkanes of at least 4 members (excludes halogenated alkanes) is 1. The van der Waals surface area contributed by atoms with E-state index in [0.29, 0.717) is 31.6 Å². The number of nitrogens with one attached hydrogen (secondary N) is 1. The van der Waals surface area contributed by atoms with Gasteiger partial charge in [-0.3, -0.25) is 0 Å². The van der Waals surface area contributed by atoms with E-state index < -0.39 is 11.4 Å². The first-order chi connectivity index (χ1) is 10.4. The highest BCUT2D eigenvalue weighted by Crippen LogP contribution is 2.28. The van der Waals surface area contributed by atoms with Gasteiger partial charge in [0.15, 0.2) is 0 Å².